The largest absolute Gasteiger partial charge is 0.465 e. The molecule has 0 amide bonds. The Morgan fingerprint density at radius 2 is 2.38 bits per heavy atom. The second-order valence-corrected chi connectivity index (χ2v) is 2.56. The van der Waals surface area contributed by atoms with Crippen LogP contribution in [0, 0.1) is 0 Å². The normalized spacial score (nSPS) is 12.5. The van der Waals surface area contributed by atoms with Crippen LogP contribution in [-0.2, 0) is 11.3 Å². The first kappa shape index (κ1) is 9.95. The summed E-state index contributed by atoms with van der Waals surface area (Å²) in [6.45, 7) is 1.71. The molecule has 4 heteroatoms. The highest BCUT2D eigenvalue weighted by atomic mass is 16.7. The topological polar surface area (TPSA) is 51.6 Å². The molecule has 0 aliphatic carbocycles. The number of aliphatic hydroxyl groups excluding tert-OH is 1. The van der Waals surface area contributed by atoms with Gasteiger partial charge in [0.1, 0.15) is 5.75 Å². The van der Waals surface area contributed by atoms with Crippen molar-refractivity contribution < 1.29 is 14.6 Å². The number of nitrogens with zero attached hydrogens (tertiary/aromatic N) is 1. The summed E-state index contributed by atoms with van der Waals surface area (Å²) in [7, 11) is 1.57. The second kappa shape index (κ2) is 4.79. The number of hydrogen-bond acceptors (Lipinski definition) is 4. The summed E-state index contributed by atoms with van der Waals surface area (Å²) in [4.78, 5) is 3.92. The molecule has 1 heterocycles. The third kappa shape index (κ3) is 3.01. The minimum atomic E-state index is -0.297. The number of methoxy groups -OCH3 is 1. The van der Waals surface area contributed by atoms with Gasteiger partial charge in [-0.15, -0.1) is 0 Å². The van der Waals surface area contributed by atoms with Gasteiger partial charge in [-0.05, 0) is 13.0 Å². The molecular weight excluding hydrogens is 170 g/mol. The van der Waals surface area contributed by atoms with Gasteiger partial charge in [0, 0.05) is 19.4 Å². The standard InChI is InChI=1S/C9H13NO3/c1-7(12-2)13-9-3-4-10-8(5-9)6-11/h3-5,7,11H,6H2,1-2H3/t7-/m1/s1. The smallest absolute Gasteiger partial charge is 0.196 e. The van der Waals surface area contributed by atoms with Gasteiger partial charge in [-0.25, -0.2) is 0 Å². The summed E-state index contributed by atoms with van der Waals surface area (Å²) in [6.07, 6.45) is 1.29. The maximum Gasteiger partial charge on any atom is 0.196 e. The van der Waals surface area contributed by atoms with E-state index in [1.165, 1.54) is 0 Å². The van der Waals surface area contributed by atoms with E-state index in [-0.39, 0.29) is 12.9 Å². The third-order valence-electron chi connectivity index (χ3n) is 1.58. The molecule has 0 radical (unpaired) electrons. The predicted octanol–water partition coefficient (Wildman–Crippen LogP) is 0.945. The summed E-state index contributed by atoms with van der Waals surface area (Å²) >= 11 is 0. The maximum atomic E-state index is 8.80. The molecule has 0 saturated carbocycles. The molecule has 0 fully saturated rings. The molecule has 13 heavy (non-hydrogen) atoms. The van der Waals surface area contributed by atoms with E-state index in [1.54, 1.807) is 32.4 Å². The minimum absolute atomic E-state index is 0.0848. The lowest BCUT2D eigenvalue weighted by Crippen LogP contribution is -2.13. The van der Waals surface area contributed by atoms with Gasteiger partial charge < -0.3 is 14.6 Å². The molecule has 72 valence electrons. The average molecular weight is 183 g/mol. The van der Waals surface area contributed by atoms with E-state index in [1.807, 2.05) is 0 Å². The van der Waals surface area contributed by atoms with Gasteiger partial charge in [0.15, 0.2) is 6.29 Å². The molecule has 0 aliphatic rings. The fraction of sp³-hybridized carbons (Fsp3) is 0.444. The number of ether oxygens (including phenoxy) is 2. The first-order valence-electron chi connectivity index (χ1n) is 4.01. The molecule has 0 unspecified atom stereocenters. The Bertz CT molecular complexity index is 265. The van der Waals surface area contributed by atoms with Crippen molar-refractivity contribution in [3.05, 3.63) is 24.0 Å². The lowest BCUT2D eigenvalue weighted by atomic mass is 10.3. The van der Waals surface area contributed by atoms with Crippen molar-refractivity contribution in [2.24, 2.45) is 0 Å². The van der Waals surface area contributed by atoms with Gasteiger partial charge in [-0.2, -0.15) is 0 Å². The zero-order valence-electron chi connectivity index (χ0n) is 7.73. The fourth-order valence-corrected chi connectivity index (χ4v) is 0.856. The van der Waals surface area contributed by atoms with Crippen LogP contribution in [0.15, 0.2) is 18.3 Å². The van der Waals surface area contributed by atoms with Crippen LogP contribution >= 0.6 is 0 Å². The Morgan fingerprint density at radius 1 is 1.62 bits per heavy atom. The van der Waals surface area contributed by atoms with E-state index in [0.717, 1.165) is 0 Å². The maximum absolute atomic E-state index is 8.80. The van der Waals surface area contributed by atoms with Crippen molar-refractivity contribution >= 4 is 0 Å². The third-order valence-corrected chi connectivity index (χ3v) is 1.58. The Morgan fingerprint density at radius 3 is 3.00 bits per heavy atom. The van der Waals surface area contributed by atoms with Gasteiger partial charge in [0.05, 0.1) is 12.3 Å². The average Bonchev–Trinajstić information content (AvgIpc) is 2.18. The van der Waals surface area contributed by atoms with Crippen molar-refractivity contribution in [1.29, 1.82) is 0 Å². The van der Waals surface area contributed by atoms with E-state index in [0.29, 0.717) is 11.4 Å². The highest BCUT2D eigenvalue weighted by molar-refractivity contribution is 5.22. The van der Waals surface area contributed by atoms with E-state index in [9.17, 15) is 0 Å². The van der Waals surface area contributed by atoms with Gasteiger partial charge in [-0.1, -0.05) is 0 Å². The van der Waals surface area contributed by atoms with Gasteiger partial charge in [0.25, 0.3) is 0 Å². The molecular formula is C9H13NO3. The van der Waals surface area contributed by atoms with Crippen molar-refractivity contribution in [2.45, 2.75) is 19.8 Å². The fourth-order valence-electron chi connectivity index (χ4n) is 0.856. The zero-order valence-corrected chi connectivity index (χ0v) is 7.73. The van der Waals surface area contributed by atoms with Crippen LogP contribution in [-0.4, -0.2) is 23.5 Å². The number of rotatable bonds is 4. The molecule has 4 nitrogen and oxygen atoms in total. The molecule has 1 atom stereocenters. The summed E-state index contributed by atoms with van der Waals surface area (Å²) < 4.78 is 10.3. The molecule has 1 rings (SSSR count). The van der Waals surface area contributed by atoms with Crippen molar-refractivity contribution in [3.63, 3.8) is 0 Å². The first-order chi connectivity index (χ1) is 6.26. The second-order valence-electron chi connectivity index (χ2n) is 2.56. The first-order valence-corrected chi connectivity index (χ1v) is 4.01. The SMILES string of the molecule is CO[C@@H](C)Oc1ccnc(CO)c1. The van der Waals surface area contributed by atoms with Crippen LogP contribution in [0.5, 0.6) is 5.75 Å². The van der Waals surface area contributed by atoms with Crippen LogP contribution < -0.4 is 4.74 Å². The lowest BCUT2D eigenvalue weighted by Gasteiger charge is -2.12. The van der Waals surface area contributed by atoms with Gasteiger partial charge in [-0.3, -0.25) is 4.98 Å². The van der Waals surface area contributed by atoms with Crippen LogP contribution in [0.2, 0.25) is 0 Å². The number of aromatic nitrogens is 1. The summed E-state index contributed by atoms with van der Waals surface area (Å²) in [5.41, 5.74) is 0.584. The molecule has 0 saturated heterocycles. The minimum Gasteiger partial charge on any atom is -0.465 e. The van der Waals surface area contributed by atoms with Crippen molar-refractivity contribution in [2.75, 3.05) is 7.11 Å². The van der Waals surface area contributed by atoms with E-state index >= 15 is 0 Å². The van der Waals surface area contributed by atoms with E-state index in [2.05, 4.69) is 4.98 Å². The lowest BCUT2D eigenvalue weighted by molar-refractivity contribution is -0.0384. The van der Waals surface area contributed by atoms with Crippen molar-refractivity contribution in [3.8, 4) is 5.75 Å². The predicted molar refractivity (Wildman–Crippen MR) is 47.3 cm³/mol. The van der Waals surface area contributed by atoms with Crippen LogP contribution in [0.4, 0.5) is 0 Å². The molecule has 1 aromatic heterocycles. The molecule has 0 spiro atoms. The van der Waals surface area contributed by atoms with Crippen molar-refractivity contribution in [1.82, 2.24) is 4.98 Å². The quantitative estimate of drug-likeness (QED) is 0.706. The number of hydrogen-bond donors (Lipinski definition) is 1. The van der Waals surface area contributed by atoms with E-state index in [4.69, 9.17) is 14.6 Å². The highest BCUT2D eigenvalue weighted by Crippen LogP contribution is 2.12. The van der Waals surface area contributed by atoms with Gasteiger partial charge in [0.2, 0.25) is 0 Å². The Kier molecular flexibility index (Phi) is 3.67. The summed E-state index contributed by atoms with van der Waals surface area (Å²) in [5.74, 6) is 0.647. The van der Waals surface area contributed by atoms with E-state index < -0.39 is 0 Å². The van der Waals surface area contributed by atoms with Crippen LogP contribution in [0.3, 0.4) is 0 Å². The Hall–Kier alpha value is -1.13. The summed E-state index contributed by atoms with van der Waals surface area (Å²) in [6, 6.07) is 3.39. The molecule has 0 bridgehead atoms. The number of pyridine rings is 1. The zero-order chi connectivity index (χ0) is 9.68. The van der Waals surface area contributed by atoms with Crippen LogP contribution in [0.25, 0.3) is 0 Å². The molecule has 0 aliphatic heterocycles. The molecule has 0 aromatic carbocycles. The monoisotopic (exact) mass is 183 g/mol. The van der Waals surface area contributed by atoms with Gasteiger partial charge >= 0.3 is 0 Å². The number of aliphatic hydroxyl groups is 1. The molecule has 1 N–H and O–H groups in total. The molecule has 1 aromatic rings. The van der Waals surface area contributed by atoms with Crippen LogP contribution in [0.1, 0.15) is 12.6 Å². The Labute approximate surface area is 77.1 Å². The summed E-state index contributed by atoms with van der Waals surface area (Å²) in [5, 5.41) is 8.80. The Balaban J connectivity index is 2.66. The highest BCUT2D eigenvalue weighted by Gasteiger charge is 2.01.